The summed E-state index contributed by atoms with van der Waals surface area (Å²) in [7, 11) is 0. The summed E-state index contributed by atoms with van der Waals surface area (Å²) in [5.74, 6) is 1.11. The van der Waals surface area contributed by atoms with Gasteiger partial charge in [0.15, 0.2) is 0 Å². The van der Waals surface area contributed by atoms with Crippen LogP contribution in [0.5, 0.6) is 0 Å². The van der Waals surface area contributed by atoms with Crippen LogP contribution in [0, 0.1) is 0 Å². The fraction of sp³-hybridized carbons (Fsp3) is 0.333. The predicted octanol–water partition coefficient (Wildman–Crippen LogP) is 1.94. The molecule has 0 spiro atoms. The number of aromatic nitrogens is 2. The molecule has 1 aliphatic heterocycles. The average molecular weight is 310 g/mol. The Kier molecular flexibility index (Phi) is 3.15. The highest BCUT2D eigenvalue weighted by molar-refractivity contribution is 9.10. The maximum Gasteiger partial charge on any atom is 0.234 e. The van der Waals surface area contributed by atoms with Crippen LogP contribution < -0.4 is 5.73 Å². The molecule has 5 nitrogen and oxygen atoms in total. The number of ether oxygens (including phenoxy) is 1. The van der Waals surface area contributed by atoms with Gasteiger partial charge in [0.1, 0.15) is 0 Å². The first kappa shape index (κ1) is 11.8. The van der Waals surface area contributed by atoms with E-state index in [0.29, 0.717) is 24.9 Å². The third-order valence-electron chi connectivity index (χ3n) is 3.00. The lowest BCUT2D eigenvalue weighted by atomic mass is 10.1. The molecule has 0 aliphatic carbocycles. The summed E-state index contributed by atoms with van der Waals surface area (Å²) in [6, 6.07) is 7.67. The number of benzene rings is 1. The van der Waals surface area contributed by atoms with Crippen LogP contribution in [-0.2, 0) is 4.74 Å². The summed E-state index contributed by atoms with van der Waals surface area (Å²) in [5.41, 5.74) is 6.83. The van der Waals surface area contributed by atoms with Crippen molar-refractivity contribution < 1.29 is 9.26 Å². The number of hydrogen-bond donors (Lipinski definition) is 1. The Morgan fingerprint density at radius 3 is 2.83 bits per heavy atom. The molecule has 0 bridgehead atoms. The van der Waals surface area contributed by atoms with Crippen LogP contribution in [0.1, 0.15) is 11.8 Å². The molecule has 2 atom stereocenters. The van der Waals surface area contributed by atoms with Crippen molar-refractivity contribution in [3.63, 3.8) is 0 Å². The van der Waals surface area contributed by atoms with Gasteiger partial charge in [-0.25, -0.2) is 0 Å². The van der Waals surface area contributed by atoms with E-state index in [2.05, 4.69) is 26.1 Å². The van der Waals surface area contributed by atoms with E-state index in [0.717, 1.165) is 10.0 Å². The van der Waals surface area contributed by atoms with Crippen molar-refractivity contribution >= 4 is 15.9 Å². The summed E-state index contributed by atoms with van der Waals surface area (Å²) in [5, 5.41) is 4.00. The number of halogens is 1. The normalized spacial score (nSPS) is 23.4. The fourth-order valence-corrected chi connectivity index (χ4v) is 2.43. The van der Waals surface area contributed by atoms with Crippen molar-refractivity contribution in [2.24, 2.45) is 5.73 Å². The molecule has 2 unspecified atom stereocenters. The highest BCUT2D eigenvalue weighted by Gasteiger charge is 2.31. The molecule has 94 valence electrons. The van der Waals surface area contributed by atoms with Gasteiger partial charge in [0, 0.05) is 16.1 Å². The smallest absolute Gasteiger partial charge is 0.234 e. The standard InChI is InChI=1S/C12H12BrN3O2/c13-9-4-2-1-3-7(9)11-15-12(18-16-11)8-5-17-6-10(8)14/h1-4,8,10H,5-6,14H2. The van der Waals surface area contributed by atoms with Gasteiger partial charge in [-0.1, -0.05) is 33.2 Å². The van der Waals surface area contributed by atoms with E-state index >= 15 is 0 Å². The summed E-state index contributed by atoms with van der Waals surface area (Å²) in [4.78, 5) is 4.41. The number of nitrogens with two attached hydrogens (primary N) is 1. The second-order valence-corrected chi connectivity index (χ2v) is 5.10. The van der Waals surface area contributed by atoms with Crippen LogP contribution in [-0.4, -0.2) is 29.4 Å². The second-order valence-electron chi connectivity index (χ2n) is 4.24. The van der Waals surface area contributed by atoms with Gasteiger partial charge in [-0.05, 0) is 12.1 Å². The Balaban J connectivity index is 1.92. The number of rotatable bonds is 2. The van der Waals surface area contributed by atoms with Gasteiger partial charge in [-0.2, -0.15) is 4.98 Å². The quantitative estimate of drug-likeness (QED) is 0.917. The van der Waals surface area contributed by atoms with Gasteiger partial charge in [0.25, 0.3) is 0 Å². The molecule has 6 heteroatoms. The van der Waals surface area contributed by atoms with Crippen LogP contribution in [0.25, 0.3) is 11.4 Å². The average Bonchev–Trinajstić information content (AvgIpc) is 2.98. The Hall–Kier alpha value is -1.24. The van der Waals surface area contributed by atoms with Gasteiger partial charge in [0.05, 0.1) is 19.1 Å². The zero-order chi connectivity index (χ0) is 12.5. The minimum absolute atomic E-state index is 0.00580. The number of nitrogens with zero attached hydrogens (tertiary/aromatic N) is 2. The molecule has 0 saturated carbocycles. The van der Waals surface area contributed by atoms with Crippen LogP contribution in [0.15, 0.2) is 33.3 Å². The molecule has 1 saturated heterocycles. The molecule has 1 aliphatic rings. The van der Waals surface area contributed by atoms with E-state index in [9.17, 15) is 0 Å². The topological polar surface area (TPSA) is 74.2 Å². The third kappa shape index (κ3) is 2.07. The Bertz CT molecular complexity index is 558. The molecular formula is C12H12BrN3O2. The molecule has 1 fully saturated rings. The van der Waals surface area contributed by atoms with Crippen LogP contribution >= 0.6 is 15.9 Å². The molecule has 2 heterocycles. The largest absolute Gasteiger partial charge is 0.379 e. The van der Waals surface area contributed by atoms with Crippen molar-refractivity contribution in [3.05, 3.63) is 34.6 Å². The fourth-order valence-electron chi connectivity index (χ4n) is 1.96. The van der Waals surface area contributed by atoms with Crippen molar-refractivity contribution in [1.29, 1.82) is 0 Å². The van der Waals surface area contributed by atoms with Crippen molar-refractivity contribution in [3.8, 4) is 11.4 Å². The lowest BCUT2D eigenvalue weighted by Crippen LogP contribution is -2.26. The molecule has 3 rings (SSSR count). The highest BCUT2D eigenvalue weighted by Crippen LogP contribution is 2.28. The molecular weight excluding hydrogens is 298 g/mol. The zero-order valence-corrected chi connectivity index (χ0v) is 11.1. The Morgan fingerprint density at radius 2 is 2.11 bits per heavy atom. The van der Waals surface area contributed by atoms with E-state index in [4.69, 9.17) is 15.0 Å². The summed E-state index contributed by atoms with van der Waals surface area (Å²) in [6.07, 6.45) is 0. The van der Waals surface area contributed by atoms with Crippen LogP contribution in [0.4, 0.5) is 0 Å². The lowest BCUT2D eigenvalue weighted by Gasteiger charge is -2.06. The summed E-state index contributed by atoms with van der Waals surface area (Å²) >= 11 is 3.47. The van der Waals surface area contributed by atoms with Gasteiger partial charge in [-0.3, -0.25) is 0 Å². The maximum absolute atomic E-state index is 5.93. The van der Waals surface area contributed by atoms with Crippen molar-refractivity contribution in [1.82, 2.24) is 10.1 Å². The molecule has 2 aromatic rings. The SMILES string of the molecule is NC1COCC1c1nc(-c2ccccc2Br)no1. The van der Waals surface area contributed by atoms with E-state index in [1.807, 2.05) is 24.3 Å². The van der Waals surface area contributed by atoms with E-state index in [1.165, 1.54) is 0 Å². The Labute approximate surface area is 112 Å². The molecule has 0 radical (unpaired) electrons. The van der Waals surface area contributed by atoms with Crippen LogP contribution in [0.3, 0.4) is 0 Å². The molecule has 1 aromatic heterocycles. The monoisotopic (exact) mass is 309 g/mol. The van der Waals surface area contributed by atoms with Gasteiger partial charge >= 0.3 is 0 Å². The summed E-state index contributed by atoms with van der Waals surface area (Å²) < 4.78 is 11.5. The molecule has 18 heavy (non-hydrogen) atoms. The van der Waals surface area contributed by atoms with E-state index in [-0.39, 0.29) is 12.0 Å². The third-order valence-corrected chi connectivity index (χ3v) is 3.69. The predicted molar refractivity (Wildman–Crippen MR) is 69.0 cm³/mol. The minimum atomic E-state index is -0.0717. The van der Waals surface area contributed by atoms with Gasteiger partial charge in [0.2, 0.25) is 11.7 Å². The second kappa shape index (κ2) is 4.79. The molecule has 2 N–H and O–H groups in total. The first-order chi connectivity index (χ1) is 8.75. The maximum atomic E-state index is 5.93. The minimum Gasteiger partial charge on any atom is -0.379 e. The lowest BCUT2D eigenvalue weighted by molar-refractivity contribution is 0.187. The van der Waals surface area contributed by atoms with Gasteiger partial charge < -0.3 is 15.0 Å². The zero-order valence-electron chi connectivity index (χ0n) is 9.54. The molecule has 1 aromatic carbocycles. The number of hydrogen-bond acceptors (Lipinski definition) is 5. The van der Waals surface area contributed by atoms with E-state index < -0.39 is 0 Å². The first-order valence-corrected chi connectivity index (χ1v) is 6.47. The van der Waals surface area contributed by atoms with Gasteiger partial charge in [-0.15, -0.1) is 0 Å². The first-order valence-electron chi connectivity index (χ1n) is 5.67. The van der Waals surface area contributed by atoms with Crippen molar-refractivity contribution in [2.75, 3.05) is 13.2 Å². The van der Waals surface area contributed by atoms with Crippen molar-refractivity contribution in [2.45, 2.75) is 12.0 Å². The van der Waals surface area contributed by atoms with Crippen LogP contribution in [0.2, 0.25) is 0 Å². The van der Waals surface area contributed by atoms with E-state index in [1.54, 1.807) is 0 Å². The summed E-state index contributed by atoms with van der Waals surface area (Å²) in [6.45, 7) is 1.08. The Morgan fingerprint density at radius 1 is 1.28 bits per heavy atom. The molecule has 0 amide bonds. The highest BCUT2D eigenvalue weighted by atomic mass is 79.9.